The van der Waals surface area contributed by atoms with Crippen LogP contribution in [0.5, 0.6) is 0 Å². The number of anilines is 1. The summed E-state index contributed by atoms with van der Waals surface area (Å²) in [5.41, 5.74) is 0.932. The van der Waals surface area contributed by atoms with Crippen LogP contribution in [-0.2, 0) is 11.2 Å². The minimum atomic E-state index is 0.544. The van der Waals surface area contributed by atoms with E-state index in [-0.39, 0.29) is 0 Å². The van der Waals surface area contributed by atoms with Gasteiger partial charge in [-0.2, -0.15) is 0 Å². The molecule has 0 saturated carbocycles. The monoisotopic (exact) mass is 257 g/mol. The zero-order valence-corrected chi connectivity index (χ0v) is 11.7. The van der Waals surface area contributed by atoms with Crippen LogP contribution in [0.1, 0.15) is 25.2 Å². The van der Waals surface area contributed by atoms with Crippen LogP contribution in [0.3, 0.4) is 0 Å². The average molecular weight is 258 g/mol. The molecule has 1 aromatic heterocycles. The highest BCUT2D eigenvalue weighted by molar-refractivity contribution is 6.30. The van der Waals surface area contributed by atoms with Crippen LogP contribution in [-0.4, -0.2) is 36.8 Å². The van der Waals surface area contributed by atoms with E-state index >= 15 is 0 Å². The quantitative estimate of drug-likeness (QED) is 0.734. The molecule has 5 heteroatoms. The Bertz CT molecular complexity index is 371. The van der Waals surface area contributed by atoms with Gasteiger partial charge in [0.15, 0.2) is 0 Å². The van der Waals surface area contributed by atoms with Crippen molar-refractivity contribution in [1.29, 1.82) is 0 Å². The first-order chi connectivity index (χ1) is 8.13. The van der Waals surface area contributed by atoms with Crippen molar-refractivity contribution in [1.82, 2.24) is 9.97 Å². The van der Waals surface area contributed by atoms with Crippen LogP contribution in [0, 0.1) is 6.92 Å². The molecular formula is C12H20ClN3O. The summed E-state index contributed by atoms with van der Waals surface area (Å²) in [6.07, 6.45) is 0.787. The Morgan fingerprint density at radius 1 is 1.29 bits per heavy atom. The number of hydrogen-bond acceptors (Lipinski definition) is 4. The maximum Gasteiger partial charge on any atom is 0.137 e. The zero-order valence-electron chi connectivity index (χ0n) is 11.0. The summed E-state index contributed by atoms with van der Waals surface area (Å²) in [5.74, 6) is 1.70. The van der Waals surface area contributed by atoms with E-state index in [0.29, 0.717) is 11.8 Å². The molecule has 0 N–H and O–H groups in total. The van der Waals surface area contributed by atoms with Crippen LogP contribution in [0.15, 0.2) is 0 Å². The van der Waals surface area contributed by atoms with Crippen molar-refractivity contribution in [3.8, 4) is 0 Å². The molecule has 0 aliphatic heterocycles. The lowest BCUT2D eigenvalue weighted by Gasteiger charge is -2.24. The fraction of sp³-hybridized carbons (Fsp3) is 0.667. The number of aryl methyl sites for hydroxylation is 1. The lowest BCUT2D eigenvalue weighted by atomic mass is 10.3. The number of halogens is 1. The molecular weight excluding hydrogens is 238 g/mol. The minimum Gasteiger partial charge on any atom is -0.383 e. The van der Waals surface area contributed by atoms with E-state index < -0.39 is 0 Å². The van der Waals surface area contributed by atoms with Crippen molar-refractivity contribution < 1.29 is 4.74 Å². The minimum absolute atomic E-state index is 0.544. The van der Waals surface area contributed by atoms with Gasteiger partial charge < -0.3 is 9.64 Å². The Hall–Kier alpha value is -0.870. The summed E-state index contributed by atoms with van der Waals surface area (Å²) < 4.78 is 5.10. The molecule has 0 radical (unpaired) electrons. The highest BCUT2D eigenvalue weighted by atomic mass is 35.5. The third-order valence-electron chi connectivity index (χ3n) is 2.67. The van der Waals surface area contributed by atoms with Crippen molar-refractivity contribution in [2.75, 3.05) is 31.7 Å². The molecule has 0 aliphatic carbocycles. The van der Waals surface area contributed by atoms with Crippen LogP contribution in [0.2, 0.25) is 5.15 Å². The molecule has 0 atom stereocenters. The Morgan fingerprint density at radius 3 is 2.53 bits per heavy atom. The van der Waals surface area contributed by atoms with Crippen molar-refractivity contribution in [3.05, 3.63) is 16.5 Å². The van der Waals surface area contributed by atoms with Gasteiger partial charge in [-0.3, -0.25) is 0 Å². The fourth-order valence-electron chi connectivity index (χ4n) is 1.60. The van der Waals surface area contributed by atoms with Gasteiger partial charge >= 0.3 is 0 Å². The van der Waals surface area contributed by atoms with Crippen LogP contribution in [0.25, 0.3) is 0 Å². The van der Waals surface area contributed by atoms with E-state index in [1.807, 2.05) is 13.8 Å². The van der Waals surface area contributed by atoms with Gasteiger partial charge in [0, 0.05) is 32.2 Å². The summed E-state index contributed by atoms with van der Waals surface area (Å²) in [6, 6.07) is 0. The third-order valence-corrected chi connectivity index (χ3v) is 3.04. The summed E-state index contributed by atoms with van der Waals surface area (Å²) >= 11 is 6.12. The number of rotatable bonds is 6. The highest BCUT2D eigenvalue weighted by Gasteiger charge is 2.13. The topological polar surface area (TPSA) is 38.2 Å². The summed E-state index contributed by atoms with van der Waals surface area (Å²) in [6.45, 7) is 8.43. The molecule has 17 heavy (non-hydrogen) atoms. The molecule has 96 valence electrons. The second kappa shape index (κ2) is 6.77. The van der Waals surface area contributed by atoms with Gasteiger partial charge in [0.25, 0.3) is 0 Å². The molecule has 0 fully saturated rings. The molecule has 0 spiro atoms. The number of ether oxygens (including phenoxy) is 1. The zero-order chi connectivity index (χ0) is 12.8. The molecule has 0 unspecified atom stereocenters. The Morgan fingerprint density at radius 2 is 2.00 bits per heavy atom. The summed E-state index contributed by atoms with van der Waals surface area (Å²) in [5, 5.41) is 0.544. The molecule has 4 nitrogen and oxygen atoms in total. The van der Waals surface area contributed by atoms with Crippen molar-refractivity contribution in [2.24, 2.45) is 0 Å². The third kappa shape index (κ3) is 3.54. The summed E-state index contributed by atoms with van der Waals surface area (Å²) in [7, 11) is 1.70. The smallest absolute Gasteiger partial charge is 0.137 e. The molecule has 0 saturated heterocycles. The maximum atomic E-state index is 6.12. The van der Waals surface area contributed by atoms with E-state index in [9.17, 15) is 0 Å². The Labute approximate surface area is 108 Å². The number of methoxy groups -OCH3 is 1. The van der Waals surface area contributed by atoms with Crippen molar-refractivity contribution in [3.63, 3.8) is 0 Å². The van der Waals surface area contributed by atoms with E-state index in [0.717, 1.165) is 36.7 Å². The molecule has 0 aliphatic rings. The van der Waals surface area contributed by atoms with Crippen molar-refractivity contribution >= 4 is 17.4 Å². The van der Waals surface area contributed by atoms with Crippen molar-refractivity contribution in [2.45, 2.75) is 27.2 Å². The first-order valence-corrected chi connectivity index (χ1v) is 6.28. The first-order valence-electron chi connectivity index (χ1n) is 5.90. The highest BCUT2D eigenvalue weighted by Crippen LogP contribution is 2.23. The standard InChI is InChI=1S/C12H20ClN3O/c1-5-10-14-11(13)9(3)12(15-10)16(6-2)7-8-17-4/h5-8H2,1-4H3. The average Bonchev–Trinajstić information content (AvgIpc) is 2.34. The molecule has 0 bridgehead atoms. The predicted molar refractivity (Wildman–Crippen MR) is 70.9 cm³/mol. The lowest BCUT2D eigenvalue weighted by molar-refractivity contribution is 0.205. The van der Waals surface area contributed by atoms with Gasteiger partial charge in [0.2, 0.25) is 0 Å². The van der Waals surface area contributed by atoms with Gasteiger partial charge in [-0.25, -0.2) is 9.97 Å². The lowest BCUT2D eigenvalue weighted by Crippen LogP contribution is -2.29. The van der Waals surface area contributed by atoms with Crippen LogP contribution < -0.4 is 4.90 Å². The van der Waals surface area contributed by atoms with E-state index in [2.05, 4.69) is 21.8 Å². The molecule has 1 heterocycles. The van der Waals surface area contributed by atoms with Gasteiger partial charge in [-0.1, -0.05) is 18.5 Å². The molecule has 0 aromatic carbocycles. The fourth-order valence-corrected chi connectivity index (χ4v) is 1.78. The van der Waals surface area contributed by atoms with E-state index in [1.54, 1.807) is 7.11 Å². The SMILES string of the molecule is CCc1nc(Cl)c(C)c(N(CC)CCOC)n1. The first kappa shape index (κ1) is 14.2. The molecule has 1 rings (SSSR count). The maximum absolute atomic E-state index is 6.12. The van der Waals surface area contributed by atoms with Gasteiger partial charge in [-0.05, 0) is 13.8 Å². The number of likely N-dealkylation sites (N-methyl/N-ethyl adjacent to an activating group) is 1. The summed E-state index contributed by atoms with van der Waals surface area (Å²) in [4.78, 5) is 11.0. The van der Waals surface area contributed by atoms with Gasteiger partial charge in [0.1, 0.15) is 16.8 Å². The van der Waals surface area contributed by atoms with Gasteiger partial charge in [-0.15, -0.1) is 0 Å². The molecule has 0 amide bonds. The normalized spacial score (nSPS) is 10.6. The number of hydrogen-bond donors (Lipinski definition) is 0. The number of nitrogens with zero attached hydrogens (tertiary/aromatic N) is 3. The second-order valence-electron chi connectivity index (χ2n) is 3.81. The van der Waals surface area contributed by atoms with Crippen LogP contribution >= 0.6 is 11.6 Å². The molecule has 1 aromatic rings. The van der Waals surface area contributed by atoms with E-state index in [1.165, 1.54) is 0 Å². The largest absolute Gasteiger partial charge is 0.383 e. The van der Waals surface area contributed by atoms with Crippen LogP contribution in [0.4, 0.5) is 5.82 Å². The Kier molecular flexibility index (Phi) is 5.65. The predicted octanol–water partition coefficient (Wildman–Crippen LogP) is 2.47. The van der Waals surface area contributed by atoms with Gasteiger partial charge in [0.05, 0.1) is 6.61 Å². The van der Waals surface area contributed by atoms with E-state index in [4.69, 9.17) is 16.3 Å². The number of aromatic nitrogens is 2. The Balaban J connectivity index is 3.04. The second-order valence-corrected chi connectivity index (χ2v) is 4.16.